The predicted molar refractivity (Wildman–Crippen MR) is 126 cm³/mol. The number of pyridine rings is 1. The lowest BCUT2D eigenvalue weighted by atomic mass is 10.0. The van der Waals surface area contributed by atoms with E-state index in [4.69, 9.17) is 19.4 Å². The number of hydrogen-bond acceptors (Lipinski definition) is 6. The van der Waals surface area contributed by atoms with Gasteiger partial charge in [-0.05, 0) is 37.1 Å². The Bertz CT molecular complexity index is 1520. The van der Waals surface area contributed by atoms with Gasteiger partial charge in [0.15, 0.2) is 17.1 Å². The first-order chi connectivity index (χ1) is 17.1. The predicted octanol–water partition coefficient (Wildman–Crippen LogP) is 4.68. The van der Waals surface area contributed by atoms with Gasteiger partial charge in [-0.3, -0.25) is 0 Å². The Balaban J connectivity index is 1.42. The molecule has 6 rings (SSSR count). The van der Waals surface area contributed by atoms with Crippen LogP contribution in [0.15, 0.2) is 55.1 Å². The number of imidazole rings is 1. The van der Waals surface area contributed by atoms with Crippen molar-refractivity contribution in [3.63, 3.8) is 0 Å². The average Bonchev–Trinajstić information content (AvgIpc) is 3.61. The molecule has 35 heavy (non-hydrogen) atoms. The maximum atomic E-state index is 14.6. The second-order valence-electron chi connectivity index (χ2n) is 8.43. The molecule has 1 atom stereocenters. The van der Waals surface area contributed by atoms with Gasteiger partial charge in [-0.25, -0.2) is 23.3 Å². The van der Waals surface area contributed by atoms with Crippen LogP contribution in [0.1, 0.15) is 24.4 Å². The molecule has 0 spiro atoms. The summed E-state index contributed by atoms with van der Waals surface area (Å²) in [6.07, 6.45) is 8.79. The van der Waals surface area contributed by atoms with Crippen molar-refractivity contribution in [2.75, 3.05) is 25.7 Å². The molecule has 4 aromatic heterocycles. The van der Waals surface area contributed by atoms with Crippen molar-refractivity contribution in [1.29, 1.82) is 0 Å². The van der Waals surface area contributed by atoms with E-state index in [2.05, 4.69) is 5.10 Å². The summed E-state index contributed by atoms with van der Waals surface area (Å²) in [4.78, 5) is 11.6. The molecule has 1 fully saturated rings. The lowest BCUT2D eigenvalue weighted by Crippen LogP contribution is -2.24. The largest absolute Gasteiger partial charge is 0.493 e. The zero-order chi connectivity index (χ0) is 24.1. The Morgan fingerprint density at radius 1 is 1.00 bits per heavy atom. The summed E-state index contributed by atoms with van der Waals surface area (Å²) in [6, 6.07) is 6.96. The van der Waals surface area contributed by atoms with Crippen molar-refractivity contribution in [3.8, 4) is 22.8 Å². The van der Waals surface area contributed by atoms with Crippen molar-refractivity contribution in [1.82, 2.24) is 24.0 Å². The summed E-state index contributed by atoms with van der Waals surface area (Å²) < 4.78 is 42.7. The summed E-state index contributed by atoms with van der Waals surface area (Å²) in [6.45, 7) is 0.696. The Hall–Kier alpha value is -4.21. The molecule has 5 heterocycles. The second kappa shape index (κ2) is 8.23. The quantitative estimate of drug-likeness (QED) is 0.367. The lowest BCUT2D eigenvalue weighted by Gasteiger charge is -2.26. The van der Waals surface area contributed by atoms with Crippen molar-refractivity contribution in [2.24, 2.45) is 0 Å². The number of anilines is 1. The molecular formula is C25H22F2N6O2. The van der Waals surface area contributed by atoms with E-state index in [0.717, 1.165) is 24.5 Å². The molecule has 0 unspecified atom stereocenters. The van der Waals surface area contributed by atoms with Gasteiger partial charge < -0.3 is 18.8 Å². The second-order valence-corrected chi connectivity index (χ2v) is 8.43. The van der Waals surface area contributed by atoms with Crippen LogP contribution in [0.4, 0.5) is 14.6 Å². The molecule has 0 radical (unpaired) electrons. The zero-order valence-corrected chi connectivity index (χ0v) is 19.2. The molecule has 0 bridgehead atoms. The van der Waals surface area contributed by atoms with Crippen LogP contribution in [0.2, 0.25) is 0 Å². The minimum Gasteiger partial charge on any atom is -0.493 e. The molecule has 10 heteroatoms. The summed E-state index contributed by atoms with van der Waals surface area (Å²) in [5.74, 6) is 0.994. The summed E-state index contributed by atoms with van der Waals surface area (Å²) in [7, 11) is 3.16. The Labute approximate surface area is 199 Å². The standard InChI is InChI=1S/C25H22F2N6O2/c1-34-21-11-24-29-19(13-31(24)14-22(21)35-2)17-12-28-33-9-7-23(30-25(17)33)32-8-3-4-20(32)16-10-15(26)5-6-18(16)27/h5-7,9-14,20H,3-4,8H2,1-2H3/t20-/m1/s1. The highest BCUT2D eigenvalue weighted by molar-refractivity contribution is 5.77. The third-order valence-electron chi connectivity index (χ3n) is 6.45. The van der Waals surface area contributed by atoms with Crippen LogP contribution in [-0.2, 0) is 0 Å². The van der Waals surface area contributed by atoms with Gasteiger partial charge in [0.05, 0.1) is 43.9 Å². The maximum Gasteiger partial charge on any atom is 0.177 e. The molecule has 0 amide bonds. The van der Waals surface area contributed by atoms with Gasteiger partial charge in [0.25, 0.3) is 0 Å². The Morgan fingerprint density at radius 2 is 1.86 bits per heavy atom. The van der Waals surface area contributed by atoms with Gasteiger partial charge in [-0.2, -0.15) is 5.10 Å². The maximum absolute atomic E-state index is 14.6. The van der Waals surface area contributed by atoms with Gasteiger partial charge >= 0.3 is 0 Å². The smallest absolute Gasteiger partial charge is 0.177 e. The first-order valence-corrected chi connectivity index (χ1v) is 11.2. The fraction of sp³-hybridized carbons (Fsp3) is 0.240. The number of halogens is 2. The first-order valence-electron chi connectivity index (χ1n) is 11.2. The van der Waals surface area contributed by atoms with Gasteiger partial charge in [-0.1, -0.05) is 0 Å². The molecule has 1 aromatic carbocycles. The highest BCUT2D eigenvalue weighted by Crippen LogP contribution is 2.37. The SMILES string of the molecule is COc1cc2nc(-c3cnn4ccc(N5CCC[C@@H]5c5cc(F)ccc5F)nc34)cn2cc1OC. The summed E-state index contributed by atoms with van der Waals surface area (Å²) in [5, 5.41) is 4.43. The summed E-state index contributed by atoms with van der Waals surface area (Å²) in [5.41, 5.74) is 3.10. The van der Waals surface area contributed by atoms with Crippen molar-refractivity contribution < 1.29 is 18.3 Å². The molecule has 178 valence electrons. The molecule has 0 N–H and O–H groups in total. The number of rotatable bonds is 5. The van der Waals surface area contributed by atoms with Crippen molar-refractivity contribution >= 4 is 17.1 Å². The van der Waals surface area contributed by atoms with E-state index in [1.807, 2.05) is 27.8 Å². The van der Waals surface area contributed by atoms with E-state index in [0.29, 0.717) is 46.4 Å². The van der Waals surface area contributed by atoms with Crippen LogP contribution in [0, 0.1) is 11.6 Å². The fourth-order valence-electron chi connectivity index (χ4n) is 4.77. The van der Waals surface area contributed by atoms with E-state index in [9.17, 15) is 8.78 Å². The van der Waals surface area contributed by atoms with Gasteiger partial charge in [0.1, 0.15) is 23.1 Å². The van der Waals surface area contributed by atoms with Crippen LogP contribution >= 0.6 is 0 Å². The normalized spacial score (nSPS) is 15.9. The molecule has 0 aliphatic carbocycles. The number of aromatic nitrogens is 5. The molecule has 1 aliphatic heterocycles. The van der Waals surface area contributed by atoms with E-state index in [1.165, 1.54) is 12.1 Å². The van der Waals surface area contributed by atoms with Crippen LogP contribution in [0.25, 0.3) is 22.6 Å². The van der Waals surface area contributed by atoms with Crippen LogP contribution in [0.3, 0.4) is 0 Å². The third-order valence-corrected chi connectivity index (χ3v) is 6.45. The molecule has 1 aliphatic rings. The highest BCUT2D eigenvalue weighted by atomic mass is 19.1. The monoisotopic (exact) mass is 476 g/mol. The van der Waals surface area contributed by atoms with Crippen LogP contribution in [-0.4, -0.2) is 44.7 Å². The van der Waals surface area contributed by atoms with E-state index < -0.39 is 11.6 Å². The van der Waals surface area contributed by atoms with Gasteiger partial charge in [0, 0.05) is 30.6 Å². The van der Waals surface area contributed by atoms with Crippen molar-refractivity contribution in [2.45, 2.75) is 18.9 Å². The summed E-state index contributed by atoms with van der Waals surface area (Å²) >= 11 is 0. The minimum atomic E-state index is -0.449. The Morgan fingerprint density at radius 3 is 2.69 bits per heavy atom. The lowest BCUT2D eigenvalue weighted by molar-refractivity contribution is 0.353. The third kappa shape index (κ3) is 3.52. The number of nitrogens with zero attached hydrogens (tertiary/aromatic N) is 6. The van der Waals surface area contributed by atoms with Crippen LogP contribution < -0.4 is 14.4 Å². The van der Waals surface area contributed by atoms with E-state index in [1.54, 1.807) is 37.2 Å². The number of methoxy groups -OCH3 is 2. The fourth-order valence-corrected chi connectivity index (χ4v) is 4.77. The Kier molecular flexibility index (Phi) is 5.01. The van der Waals surface area contributed by atoms with Crippen LogP contribution in [0.5, 0.6) is 11.5 Å². The molecule has 8 nitrogen and oxygen atoms in total. The highest BCUT2D eigenvalue weighted by Gasteiger charge is 2.30. The molecular weight excluding hydrogens is 454 g/mol. The van der Waals surface area contributed by atoms with Gasteiger partial charge in [0.2, 0.25) is 0 Å². The number of ether oxygens (including phenoxy) is 2. The molecule has 1 saturated heterocycles. The van der Waals surface area contributed by atoms with E-state index in [-0.39, 0.29) is 6.04 Å². The number of benzene rings is 1. The average molecular weight is 476 g/mol. The molecule has 0 saturated carbocycles. The van der Waals surface area contributed by atoms with Gasteiger partial charge in [-0.15, -0.1) is 0 Å². The topological polar surface area (TPSA) is 69.2 Å². The minimum absolute atomic E-state index is 0.290. The van der Waals surface area contributed by atoms with Crippen molar-refractivity contribution in [3.05, 3.63) is 72.3 Å². The zero-order valence-electron chi connectivity index (χ0n) is 19.2. The first kappa shape index (κ1) is 21.3. The molecule has 5 aromatic rings. The van der Waals surface area contributed by atoms with E-state index >= 15 is 0 Å². The number of hydrogen-bond donors (Lipinski definition) is 0. The number of fused-ring (bicyclic) bond motifs is 2.